The van der Waals surface area contributed by atoms with Gasteiger partial charge in [0, 0.05) is 49.8 Å². The average Bonchev–Trinajstić information content (AvgIpc) is 3.84. The first kappa shape index (κ1) is 33.4. The summed E-state index contributed by atoms with van der Waals surface area (Å²) in [4.78, 5) is 15.2. The van der Waals surface area contributed by atoms with Gasteiger partial charge in [0.2, 0.25) is 0 Å². The molecule has 0 bridgehead atoms. The molecule has 8 aromatic carbocycles. The lowest BCUT2D eigenvalue weighted by Gasteiger charge is -2.13. The van der Waals surface area contributed by atoms with E-state index in [1.54, 1.807) is 0 Å². The molecule has 0 fully saturated rings. The summed E-state index contributed by atoms with van der Waals surface area (Å²) >= 11 is 0. The molecule has 11 rings (SSSR count). The van der Waals surface area contributed by atoms with Crippen molar-refractivity contribution in [2.75, 3.05) is 0 Å². The van der Waals surface area contributed by atoms with E-state index in [1.165, 1.54) is 21.7 Å². The van der Waals surface area contributed by atoms with Gasteiger partial charge in [0.1, 0.15) is 0 Å². The topological polar surface area (TPSA) is 48.5 Å². The Kier molecular flexibility index (Phi) is 8.07. The van der Waals surface area contributed by atoms with Crippen LogP contribution in [-0.2, 0) is 0 Å². The third-order valence-corrected chi connectivity index (χ3v) is 11.0. The van der Waals surface area contributed by atoms with Crippen LogP contribution in [0.1, 0.15) is 0 Å². The maximum atomic E-state index is 5.10. The lowest BCUT2D eigenvalue weighted by Crippen LogP contribution is -2.01. The van der Waals surface area contributed by atoms with Crippen molar-refractivity contribution in [2.24, 2.45) is 0 Å². The molecule has 0 saturated heterocycles. The third kappa shape index (κ3) is 5.60. The highest BCUT2D eigenvalue weighted by molar-refractivity contribution is 6.24. The van der Waals surface area contributed by atoms with Gasteiger partial charge < -0.3 is 9.13 Å². The summed E-state index contributed by atoms with van der Waals surface area (Å²) in [6.07, 6.45) is 0. The fourth-order valence-electron chi connectivity index (χ4n) is 8.42. The second kappa shape index (κ2) is 14.0. The number of nitrogens with zero attached hydrogens (tertiary/aromatic N) is 5. The molecule has 3 heterocycles. The van der Waals surface area contributed by atoms with Gasteiger partial charge in [-0.2, -0.15) is 0 Å². The van der Waals surface area contributed by atoms with Gasteiger partial charge in [-0.25, -0.2) is 15.0 Å². The Bertz CT molecular complexity index is 3190. The first-order valence-corrected chi connectivity index (χ1v) is 19.5. The molecule has 0 aliphatic rings. The van der Waals surface area contributed by atoms with Gasteiger partial charge in [0.25, 0.3) is 0 Å². The van der Waals surface area contributed by atoms with Crippen molar-refractivity contribution in [3.05, 3.63) is 212 Å². The SMILES string of the molecule is c1ccc(-c2nc(-c3ccccc3)nc(-c3cccc(-n4c5ccccc5c5ccc6c(c(-c7ccccc7)c(-c7ccccc7)n6-c6ccccc6)c54)c3)n2)cc1. The molecular weight excluding hydrogens is 707 g/mol. The van der Waals surface area contributed by atoms with Crippen molar-refractivity contribution in [1.82, 2.24) is 24.1 Å². The molecule has 0 N–H and O–H groups in total. The van der Waals surface area contributed by atoms with Crippen LogP contribution in [0.2, 0.25) is 0 Å². The highest BCUT2D eigenvalue weighted by atomic mass is 15.0. The highest BCUT2D eigenvalue weighted by Crippen LogP contribution is 2.48. The van der Waals surface area contributed by atoms with Crippen LogP contribution in [0.4, 0.5) is 0 Å². The molecule has 0 aliphatic carbocycles. The predicted octanol–water partition coefficient (Wildman–Crippen LogP) is 13.2. The second-order valence-electron chi connectivity index (χ2n) is 14.4. The Hall–Kier alpha value is -7.89. The summed E-state index contributed by atoms with van der Waals surface area (Å²) in [5.41, 5.74) is 13.0. The van der Waals surface area contributed by atoms with Crippen LogP contribution >= 0.6 is 0 Å². The van der Waals surface area contributed by atoms with Crippen molar-refractivity contribution in [2.45, 2.75) is 0 Å². The first-order valence-electron chi connectivity index (χ1n) is 19.5. The molecule has 11 aromatic rings. The van der Waals surface area contributed by atoms with Gasteiger partial charge >= 0.3 is 0 Å². The van der Waals surface area contributed by atoms with Gasteiger partial charge in [-0.15, -0.1) is 0 Å². The minimum atomic E-state index is 0.618. The summed E-state index contributed by atoms with van der Waals surface area (Å²) in [6.45, 7) is 0. The Morgan fingerprint density at radius 2 is 0.793 bits per heavy atom. The van der Waals surface area contributed by atoms with E-state index >= 15 is 0 Å². The number of aromatic nitrogens is 5. The number of hydrogen-bond donors (Lipinski definition) is 0. The van der Waals surface area contributed by atoms with Crippen LogP contribution in [-0.4, -0.2) is 24.1 Å². The van der Waals surface area contributed by atoms with Gasteiger partial charge in [-0.05, 0) is 47.5 Å². The lowest BCUT2D eigenvalue weighted by molar-refractivity contribution is 1.07. The van der Waals surface area contributed by atoms with E-state index in [2.05, 4.69) is 161 Å². The molecule has 0 unspecified atom stereocenters. The largest absolute Gasteiger partial charge is 0.309 e. The second-order valence-corrected chi connectivity index (χ2v) is 14.4. The number of benzene rings is 8. The van der Waals surface area contributed by atoms with Crippen molar-refractivity contribution >= 4 is 32.7 Å². The van der Waals surface area contributed by atoms with Gasteiger partial charge in [-0.3, -0.25) is 0 Å². The quantitative estimate of drug-likeness (QED) is 0.163. The average molecular weight is 742 g/mol. The van der Waals surface area contributed by atoms with Crippen LogP contribution in [0.3, 0.4) is 0 Å². The van der Waals surface area contributed by atoms with E-state index in [0.29, 0.717) is 17.5 Å². The molecule has 0 radical (unpaired) electrons. The fraction of sp³-hybridized carbons (Fsp3) is 0. The zero-order valence-electron chi connectivity index (χ0n) is 31.4. The minimum absolute atomic E-state index is 0.618. The maximum absolute atomic E-state index is 5.10. The van der Waals surface area contributed by atoms with Crippen molar-refractivity contribution in [1.29, 1.82) is 0 Å². The Morgan fingerprint density at radius 1 is 0.310 bits per heavy atom. The summed E-state index contributed by atoms with van der Waals surface area (Å²) < 4.78 is 4.87. The van der Waals surface area contributed by atoms with Crippen LogP contribution in [0.25, 0.3) is 101 Å². The number of para-hydroxylation sites is 2. The van der Waals surface area contributed by atoms with Crippen LogP contribution in [0.15, 0.2) is 212 Å². The zero-order valence-corrected chi connectivity index (χ0v) is 31.4. The fourth-order valence-corrected chi connectivity index (χ4v) is 8.42. The van der Waals surface area contributed by atoms with E-state index in [0.717, 1.165) is 61.4 Å². The van der Waals surface area contributed by atoms with E-state index < -0.39 is 0 Å². The smallest absolute Gasteiger partial charge is 0.164 e. The molecule has 272 valence electrons. The van der Waals surface area contributed by atoms with Crippen LogP contribution in [0.5, 0.6) is 0 Å². The highest BCUT2D eigenvalue weighted by Gasteiger charge is 2.26. The standard InChI is InChI=1S/C53H35N5/c1-6-19-36(20-7-1)47-48-46(57(41-28-14-5-15-29-41)49(47)37-21-8-2-9-22-37)34-33-44-43-31-16-17-32-45(43)58(50(44)48)42-30-18-27-40(35-42)53-55-51(38-23-10-3-11-24-38)54-52(56-53)39-25-12-4-13-26-39/h1-35H. The zero-order chi connectivity index (χ0) is 38.4. The predicted molar refractivity (Wildman–Crippen MR) is 238 cm³/mol. The van der Waals surface area contributed by atoms with Gasteiger partial charge in [-0.1, -0.05) is 176 Å². The van der Waals surface area contributed by atoms with Crippen LogP contribution < -0.4 is 0 Å². The monoisotopic (exact) mass is 741 g/mol. The van der Waals surface area contributed by atoms with E-state index in [9.17, 15) is 0 Å². The van der Waals surface area contributed by atoms with Gasteiger partial charge in [0.15, 0.2) is 17.5 Å². The Balaban J connectivity index is 1.23. The Morgan fingerprint density at radius 3 is 1.41 bits per heavy atom. The molecular formula is C53H35N5. The normalized spacial score (nSPS) is 11.4. The first-order chi connectivity index (χ1) is 28.8. The van der Waals surface area contributed by atoms with Gasteiger partial charge in [0.05, 0.1) is 22.2 Å². The van der Waals surface area contributed by atoms with Crippen molar-refractivity contribution < 1.29 is 0 Å². The minimum Gasteiger partial charge on any atom is -0.309 e. The Labute approximate surface area is 335 Å². The molecule has 0 saturated carbocycles. The molecule has 5 nitrogen and oxygen atoms in total. The molecule has 58 heavy (non-hydrogen) atoms. The van der Waals surface area contributed by atoms with Crippen molar-refractivity contribution in [3.8, 4) is 67.9 Å². The molecule has 0 aliphatic heterocycles. The molecule has 0 amide bonds. The molecule has 0 spiro atoms. The maximum Gasteiger partial charge on any atom is 0.164 e. The van der Waals surface area contributed by atoms with E-state index in [1.807, 2.05) is 60.7 Å². The summed E-state index contributed by atoms with van der Waals surface area (Å²) in [5, 5.41) is 3.56. The van der Waals surface area contributed by atoms with E-state index in [4.69, 9.17) is 15.0 Å². The number of rotatable bonds is 7. The third-order valence-electron chi connectivity index (χ3n) is 11.0. The number of hydrogen-bond acceptors (Lipinski definition) is 3. The summed E-state index contributed by atoms with van der Waals surface area (Å²) in [5.74, 6) is 1.89. The van der Waals surface area contributed by atoms with Crippen LogP contribution in [0, 0.1) is 0 Å². The summed E-state index contributed by atoms with van der Waals surface area (Å²) in [6, 6.07) is 74.6. The lowest BCUT2D eigenvalue weighted by atomic mass is 9.97. The van der Waals surface area contributed by atoms with Crippen molar-refractivity contribution in [3.63, 3.8) is 0 Å². The van der Waals surface area contributed by atoms with E-state index in [-0.39, 0.29) is 0 Å². The summed E-state index contributed by atoms with van der Waals surface area (Å²) in [7, 11) is 0. The molecule has 5 heteroatoms. The number of fused-ring (bicyclic) bond motifs is 5. The molecule has 3 aromatic heterocycles. The molecule has 0 atom stereocenters.